The molecule has 0 saturated heterocycles. The van der Waals surface area contributed by atoms with Crippen molar-refractivity contribution in [3.8, 4) is 0 Å². The lowest BCUT2D eigenvalue weighted by molar-refractivity contribution is -0.0244. The van der Waals surface area contributed by atoms with Crippen molar-refractivity contribution in [3.05, 3.63) is 0 Å². The van der Waals surface area contributed by atoms with Crippen LogP contribution in [0.25, 0.3) is 0 Å². The molecule has 0 aromatic rings. The number of rotatable bonds is 2. The van der Waals surface area contributed by atoms with E-state index in [9.17, 15) is 5.11 Å². The molecule has 1 aliphatic carbocycles. The monoisotopic (exact) mass is 185 g/mol. The highest BCUT2D eigenvalue weighted by Crippen LogP contribution is 2.38. The Morgan fingerprint density at radius 2 is 1.92 bits per heavy atom. The fourth-order valence-electron chi connectivity index (χ4n) is 2.28. The Morgan fingerprint density at radius 3 is 2.38 bits per heavy atom. The summed E-state index contributed by atoms with van der Waals surface area (Å²) in [6, 6.07) is 0. The standard InChI is InChI=1S/C11H23NO/c1-8-4-5-10(6-9(8)2)11(3,13)7-12/h8-10,13H,4-7,12H2,1-3H3. The predicted octanol–water partition coefficient (Wildman–Crippen LogP) is 1.77. The molecular formula is C11H23NO. The summed E-state index contributed by atoms with van der Waals surface area (Å²) < 4.78 is 0. The highest BCUT2D eigenvalue weighted by Gasteiger charge is 2.35. The smallest absolute Gasteiger partial charge is 0.0769 e. The Hall–Kier alpha value is -0.0800. The third-order valence-electron chi connectivity index (χ3n) is 3.89. The van der Waals surface area contributed by atoms with Gasteiger partial charge < -0.3 is 10.8 Å². The van der Waals surface area contributed by atoms with E-state index in [2.05, 4.69) is 13.8 Å². The Bertz CT molecular complexity index is 167. The summed E-state index contributed by atoms with van der Waals surface area (Å²) in [5.41, 5.74) is 4.92. The molecule has 3 N–H and O–H groups in total. The van der Waals surface area contributed by atoms with E-state index in [-0.39, 0.29) is 0 Å². The zero-order valence-corrected chi connectivity index (χ0v) is 9.09. The van der Waals surface area contributed by atoms with Crippen molar-refractivity contribution in [2.24, 2.45) is 23.5 Å². The van der Waals surface area contributed by atoms with Gasteiger partial charge in [-0.1, -0.05) is 20.3 Å². The maximum atomic E-state index is 10.0. The van der Waals surface area contributed by atoms with Crippen molar-refractivity contribution in [2.75, 3.05) is 6.54 Å². The van der Waals surface area contributed by atoms with Crippen LogP contribution in [0.15, 0.2) is 0 Å². The van der Waals surface area contributed by atoms with Gasteiger partial charge in [0.2, 0.25) is 0 Å². The summed E-state index contributed by atoms with van der Waals surface area (Å²) in [5.74, 6) is 1.95. The fourth-order valence-corrected chi connectivity index (χ4v) is 2.28. The molecule has 2 heteroatoms. The van der Waals surface area contributed by atoms with E-state index < -0.39 is 5.60 Å². The van der Waals surface area contributed by atoms with Crippen LogP contribution in [0.3, 0.4) is 0 Å². The first-order valence-electron chi connectivity index (χ1n) is 5.40. The van der Waals surface area contributed by atoms with Gasteiger partial charge in [0.15, 0.2) is 0 Å². The predicted molar refractivity (Wildman–Crippen MR) is 55.3 cm³/mol. The van der Waals surface area contributed by atoms with E-state index in [1.807, 2.05) is 6.92 Å². The minimum absolute atomic E-state index is 0.388. The molecular weight excluding hydrogens is 162 g/mol. The van der Waals surface area contributed by atoms with Crippen molar-refractivity contribution in [1.82, 2.24) is 0 Å². The third kappa shape index (κ3) is 2.44. The minimum atomic E-state index is -0.644. The number of hydrogen-bond acceptors (Lipinski definition) is 2. The molecule has 1 fully saturated rings. The van der Waals surface area contributed by atoms with Gasteiger partial charge in [0.25, 0.3) is 0 Å². The van der Waals surface area contributed by atoms with Crippen LogP contribution in [0.1, 0.15) is 40.0 Å². The van der Waals surface area contributed by atoms with E-state index in [1.54, 1.807) is 0 Å². The molecule has 4 atom stereocenters. The summed E-state index contributed by atoms with van der Waals surface area (Å²) in [5, 5.41) is 10.0. The third-order valence-corrected chi connectivity index (χ3v) is 3.89. The molecule has 13 heavy (non-hydrogen) atoms. The molecule has 78 valence electrons. The molecule has 0 aliphatic heterocycles. The topological polar surface area (TPSA) is 46.2 Å². The van der Waals surface area contributed by atoms with Gasteiger partial charge in [-0.25, -0.2) is 0 Å². The molecule has 1 aliphatic rings. The summed E-state index contributed by atoms with van der Waals surface area (Å²) in [4.78, 5) is 0. The zero-order valence-electron chi connectivity index (χ0n) is 9.09. The molecule has 0 spiro atoms. The summed E-state index contributed by atoms with van der Waals surface area (Å²) in [6.07, 6.45) is 3.50. The molecule has 0 amide bonds. The average Bonchev–Trinajstić information content (AvgIpc) is 2.09. The van der Waals surface area contributed by atoms with Crippen molar-refractivity contribution < 1.29 is 5.11 Å². The van der Waals surface area contributed by atoms with Crippen LogP contribution in [-0.4, -0.2) is 17.3 Å². The van der Waals surface area contributed by atoms with Gasteiger partial charge in [-0.3, -0.25) is 0 Å². The zero-order chi connectivity index (χ0) is 10.1. The van der Waals surface area contributed by atoms with E-state index in [4.69, 9.17) is 5.73 Å². The second kappa shape index (κ2) is 3.97. The molecule has 2 nitrogen and oxygen atoms in total. The van der Waals surface area contributed by atoms with Crippen LogP contribution >= 0.6 is 0 Å². The molecule has 0 bridgehead atoms. The fraction of sp³-hybridized carbons (Fsp3) is 1.00. The summed E-state index contributed by atoms with van der Waals surface area (Å²) in [6.45, 7) is 6.85. The molecule has 1 rings (SSSR count). The molecule has 0 aromatic heterocycles. The highest BCUT2D eigenvalue weighted by atomic mass is 16.3. The quantitative estimate of drug-likeness (QED) is 0.688. The molecule has 0 heterocycles. The Morgan fingerprint density at radius 1 is 1.31 bits per heavy atom. The maximum absolute atomic E-state index is 10.0. The number of hydrogen-bond donors (Lipinski definition) is 2. The van der Waals surface area contributed by atoms with Crippen molar-refractivity contribution >= 4 is 0 Å². The average molecular weight is 185 g/mol. The van der Waals surface area contributed by atoms with Crippen LogP contribution in [-0.2, 0) is 0 Å². The number of aliphatic hydroxyl groups is 1. The first-order chi connectivity index (χ1) is 5.97. The summed E-state index contributed by atoms with van der Waals surface area (Å²) in [7, 11) is 0. The van der Waals surface area contributed by atoms with Crippen molar-refractivity contribution in [2.45, 2.75) is 45.6 Å². The Balaban J connectivity index is 2.55. The number of nitrogens with two attached hydrogens (primary N) is 1. The van der Waals surface area contributed by atoms with Crippen LogP contribution in [0, 0.1) is 17.8 Å². The molecule has 0 aromatic carbocycles. The van der Waals surface area contributed by atoms with E-state index in [1.165, 1.54) is 6.42 Å². The first-order valence-corrected chi connectivity index (χ1v) is 5.40. The Kier molecular flexibility index (Phi) is 3.36. The normalized spacial score (nSPS) is 39.9. The lowest BCUT2D eigenvalue weighted by atomic mass is 9.70. The van der Waals surface area contributed by atoms with Gasteiger partial charge in [0.1, 0.15) is 0 Å². The van der Waals surface area contributed by atoms with Gasteiger partial charge in [0.05, 0.1) is 5.60 Å². The second-order valence-corrected chi connectivity index (χ2v) is 5.03. The van der Waals surface area contributed by atoms with Gasteiger partial charge in [-0.15, -0.1) is 0 Å². The first kappa shape index (κ1) is 11.0. The largest absolute Gasteiger partial charge is 0.389 e. The molecule has 0 radical (unpaired) electrons. The van der Waals surface area contributed by atoms with E-state index in [0.29, 0.717) is 12.5 Å². The van der Waals surface area contributed by atoms with Crippen molar-refractivity contribution in [3.63, 3.8) is 0 Å². The second-order valence-electron chi connectivity index (χ2n) is 5.03. The van der Waals surface area contributed by atoms with Crippen LogP contribution in [0.4, 0.5) is 0 Å². The van der Waals surface area contributed by atoms with Gasteiger partial charge in [0, 0.05) is 6.54 Å². The van der Waals surface area contributed by atoms with Crippen LogP contribution in [0.2, 0.25) is 0 Å². The van der Waals surface area contributed by atoms with E-state index >= 15 is 0 Å². The maximum Gasteiger partial charge on any atom is 0.0769 e. The van der Waals surface area contributed by atoms with Crippen LogP contribution < -0.4 is 5.73 Å². The van der Waals surface area contributed by atoms with Gasteiger partial charge >= 0.3 is 0 Å². The highest BCUT2D eigenvalue weighted by molar-refractivity contribution is 4.88. The molecule has 4 unspecified atom stereocenters. The van der Waals surface area contributed by atoms with Crippen molar-refractivity contribution in [1.29, 1.82) is 0 Å². The van der Waals surface area contributed by atoms with Gasteiger partial charge in [-0.2, -0.15) is 0 Å². The van der Waals surface area contributed by atoms with Gasteiger partial charge in [-0.05, 0) is 37.5 Å². The lowest BCUT2D eigenvalue weighted by Gasteiger charge is -2.39. The molecule has 1 saturated carbocycles. The SMILES string of the molecule is CC1CCC(C(C)(O)CN)CC1C. The summed E-state index contributed by atoms with van der Waals surface area (Å²) >= 11 is 0. The Labute approximate surface area is 81.5 Å². The van der Waals surface area contributed by atoms with Crippen LogP contribution in [0.5, 0.6) is 0 Å². The lowest BCUT2D eigenvalue weighted by Crippen LogP contribution is -2.44. The van der Waals surface area contributed by atoms with E-state index in [0.717, 1.165) is 24.7 Å². The minimum Gasteiger partial charge on any atom is -0.389 e.